The van der Waals surface area contributed by atoms with Gasteiger partial charge >= 0.3 is 0 Å². The number of nitrogens with two attached hydrogens (primary N) is 2. The van der Waals surface area contributed by atoms with E-state index in [0.29, 0.717) is 5.92 Å². The van der Waals surface area contributed by atoms with Gasteiger partial charge in [-0.3, -0.25) is 0 Å². The van der Waals surface area contributed by atoms with Gasteiger partial charge in [0.1, 0.15) is 0 Å². The molecule has 4 heteroatoms. The van der Waals surface area contributed by atoms with Crippen LogP contribution in [0.3, 0.4) is 0 Å². The molecule has 4 nitrogen and oxygen atoms in total. The van der Waals surface area contributed by atoms with Crippen LogP contribution in [-0.4, -0.2) is 11.7 Å². The zero-order chi connectivity index (χ0) is 10.4. The van der Waals surface area contributed by atoms with Crippen molar-refractivity contribution in [1.29, 1.82) is 0 Å². The molecule has 0 aromatic rings. The summed E-state index contributed by atoms with van der Waals surface area (Å²) in [6, 6.07) is 0. The van der Waals surface area contributed by atoms with Crippen LogP contribution in [0, 0.1) is 23.7 Å². The molecule has 3 aliphatic rings. The molecule has 4 N–H and O–H groups in total. The first-order chi connectivity index (χ1) is 7.25. The summed E-state index contributed by atoms with van der Waals surface area (Å²) in [4.78, 5) is 0. The van der Waals surface area contributed by atoms with E-state index in [1.807, 2.05) is 0 Å². The second-order valence-electron chi connectivity index (χ2n) is 5.18. The van der Waals surface area contributed by atoms with Gasteiger partial charge in [-0.15, -0.1) is 5.10 Å². The topological polar surface area (TPSA) is 76.8 Å². The molecule has 0 heterocycles. The fourth-order valence-corrected chi connectivity index (χ4v) is 4.05. The number of rotatable bonds is 1. The van der Waals surface area contributed by atoms with Crippen LogP contribution in [0.4, 0.5) is 0 Å². The molecule has 0 aromatic carbocycles. The van der Waals surface area contributed by atoms with E-state index < -0.39 is 0 Å². The molecule has 0 radical (unpaired) electrons. The van der Waals surface area contributed by atoms with Crippen molar-refractivity contribution >= 4 is 11.7 Å². The number of hydrogen-bond acceptors (Lipinski definition) is 2. The molecule has 4 unspecified atom stereocenters. The summed E-state index contributed by atoms with van der Waals surface area (Å²) < 4.78 is 0. The molecule has 0 spiro atoms. The van der Waals surface area contributed by atoms with Crippen LogP contribution in [0.1, 0.15) is 32.1 Å². The van der Waals surface area contributed by atoms with E-state index in [4.69, 9.17) is 11.5 Å². The monoisotopic (exact) mass is 206 g/mol. The van der Waals surface area contributed by atoms with Gasteiger partial charge in [0.05, 0.1) is 0 Å². The van der Waals surface area contributed by atoms with E-state index in [2.05, 4.69) is 10.2 Å². The summed E-state index contributed by atoms with van der Waals surface area (Å²) in [7, 11) is 0. The Kier molecular flexibility index (Phi) is 1.97. The molecule has 2 bridgehead atoms. The first-order valence-corrected chi connectivity index (χ1v) is 5.91. The zero-order valence-electron chi connectivity index (χ0n) is 8.89. The lowest BCUT2D eigenvalue weighted by Crippen LogP contribution is -2.25. The number of hydrogen-bond donors (Lipinski definition) is 2. The van der Waals surface area contributed by atoms with Crippen LogP contribution >= 0.6 is 0 Å². The quantitative estimate of drug-likeness (QED) is 0.382. The molecule has 0 saturated heterocycles. The van der Waals surface area contributed by atoms with Crippen molar-refractivity contribution in [2.45, 2.75) is 32.1 Å². The van der Waals surface area contributed by atoms with Gasteiger partial charge in [-0.05, 0) is 43.4 Å². The molecular formula is C11H18N4. The first-order valence-electron chi connectivity index (χ1n) is 5.91. The Bertz CT molecular complexity index is 329. The predicted molar refractivity (Wildman–Crippen MR) is 60.3 cm³/mol. The smallest absolute Gasteiger partial charge is 0.211 e. The third-order valence-electron chi connectivity index (χ3n) is 4.50. The van der Waals surface area contributed by atoms with Crippen molar-refractivity contribution in [3.8, 4) is 0 Å². The van der Waals surface area contributed by atoms with Crippen molar-refractivity contribution in [1.82, 2.24) is 0 Å². The van der Waals surface area contributed by atoms with Gasteiger partial charge in [0.25, 0.3) is 0 Å². The molecule has 3 fully saturated rings. The SMILES string of the molecule is NC(N)=NN=C1CC2CC1C1CCCC21. The van der Waals surface area contributed by atoms with Gasteiger partial charge in [0.2, 0.25) is 5.96 Å². The lowest BCUT2D eigenvalue weighted by molar-refractivity contribution is 0.333. The van der Waals surface area contributed by atoms with Crippen molar-refractivity contribution in [2.24, 2.45) is 45.3 Å². The molecule has 3 saturated carbocycles. The number of nitrogens with zero attached hydrogens (tertiary/aromatic N) is 2. The Morgan fingerprint density at radius 2 is 2.00 bits per heavy atom. The largest absolute Gasteiger partial charge is 0.369 e. The van der Waals surface area contributed by atoms with E-state index in [1.165, 1.54) is 31.4 Å². The highest BCUT2D eigenvalue weighted by Crippen LogP contribution is 2.57. The maximum Gasteiger partial charge on any atom is 0.211 e. The molecule has 15 heavy (non-hydrogen) atoms. The molecule has 0 aliphatic heterocycles. The van der Waals surface area contributed by atoms with E-state index >= 15 is 0 Å². The number of guanidine groups is 1. The van der Waals surface area contributed by atoms with Gasteiger partial charge in [-0.1, -0.05) is 6.42 Å². The molecule has 3 rings (SSSR count). The minimum absolute atomic E-state index is 0.0771. The van der Waals surface area contributed by atoms with Crippen LogP contribution in [-0.2, 0) is 0 Å². The van der Waals surface area contributed by atoms with Crippen molar-refractivity contribution in [2.75, 3.05) is 0 Å². The van der Waals surface area contributed by atoms with Gasteiger partial charge in [-0.25, -0.2) is 0 Å². The molecule has 0 amide bonds. The van der Waals surface area contributed by atoms with Gasteiger partial charge < -0.3 is 11.5 Å². The second-order valence-corrected chi connectivity index (χ2v) is 5.18. The van der Waals surface area contributed by atoms with E-state index in [0.717, 1.165) is 24.2 Å². The normalized spacial score (nSPS) is 44.7. The van der Waals surface area contributed by atoms with Crippen LogP contribution in [0.2, 0.25) is 0 Å². The van der Waals surface area contributed by atoms with Gasteiger partial charge in [0, 0.05) is 11.6 Å². The van der Waals surface area contributed by atoms with Crippen molar-refractivity contribution < 1.29 is 0 Å². The summed E-state index contributed by atoms with van der Waals surface area (Å²) in [5, 5.41) is 8.02. The highest BCUT2D eigenvalue weighted by molar-refractivity contribution is 5.91. The van der Waals surface area contributed by atoms with Crippen molar-refractivity contribution in [3.63, 3.8) is 0 Å². The highest BCUT2D eigenvalue weighted by atomic mass is 15.3. The fraction of sp³-hybridized carbons (Fsp3) is 0.818. The van der Waals surface area contributed by atoms with Crippen LogP contribution in [0.15, 0.2) is 10.2 Å². The second kappa shape index (κ2) is 3.22. The first kappa shape index (κ1) is 9.19. The Morgan fingerprint density at radius 1 is 1.20 bits per heavy atom. The average Bonchev–Trinajstić information content (AvgIpc) is 2.86. The minimum atomic E-state index is 0.0771. The molecule has 0 aromatic heterocycles. The summed E-state index contributed by atoms with van der Waals surface area (Å²) in [6.07, 6.45) is 6.74. The van der Waals surface area contributed by atoms with Crippen molar-refractivity contribution in [3.05, 3.63) is 0 Å². The minimum Gasteiger partial charge on any atom is -0.369 e. The fourth-order valence-electron chi connectivity index (χ4n) is 4.05. The summed E-state index contributed by atoms with van der Waals surface area (Å²) in [5.41, 5.74) is 11.9. The molecular weight excluding hydrogens is 188 g/mol. The summed E-state index contributed by atoms with van der Waals surface area (Å²) in [6.45, 7) is 0. The standard InChI is InChI=1S/C11H18N4/c12-11(13)15-14-10-5-6-4-9(10)8-3-1-2-7(6)8/h6-9H,1-5H2,(H4,12,13,15). The Hall–Kier alpha value is -1.06. The maximum absolute atomic E-state index is 5.30. The Labute approximate surface area is 89.8 Å². The Morgan fingerprint density at radius 3 is 2.80 bits per heavy atom. The third kappa shape index (κ3) is 1.34. The lowest BCUT2D eigenvalue weighted by Gasteiger charge is -2.25. The highest BCUT2D eigenvalue weighted by Gasteiger charge is 2.52. The maximum atomic E-state index is 5.30. The van der Waals surface area contributed by atoms with Crippen LogP contribution < -0.4 is 11.5 Å². The Balaban J connectivity index is 1.81. The van der Waals surface area contributed by atoms with E-state index in [-0.39, 0.29) is 5.96 Å². The zero-order valence-corrected chi connectivity index (χ0v) is 8.89. The van der Waals surface area contributed by atoms with E-state index in [1.54, 1.807) is 0 Å². The molecule has 4 atom stereocenters. The number of fused-ring (bicyclic) bond motifs is 5. The van der Waals surface area contributed by atoms with Gasteiger partial charge in [0.15, 0.2) is 0 Å². The van der Waals surface area contributed by atoms with Crippen LogP contribution in [0.5, 0.6) is 0 Å². The lowest BCUT2D eigenvalue weighted by atomic mass is 9.81. The summed E-state index contributed by atoms with van der Waals surface area (Å²) in [5.74, 6) is 3.55. The average molecular weight is 206 g/mol. The third-order valence-corrected chi connectivity index (χ3v) is 4.50. The van der Waals surface area contributed by atoms with Gasteiger partial charge in [-0.2, -0.15) is 5.10 Å². The molecule has 3 aliphatic carbocycles. The molecule has 82 valence electrons. The predicted octanol–water partition coefficient (Wildman–Crippen LogP) is 1.07. The van der Waals surface area contributed by atoms with Crippen LogP contribution in [0.25, 0.3) is 0 Å². The summed E-state index contributed by atoms with van der Waals surface area (Å²) >= 11 is 0. The van der Waals surface area contributed by atoms with E-state index in [9.17, 15) is 0 Å².